The minimum atomic E-state index is -0.124. The molecule has 5 heteroatoms. The molecule has 0 atom stereocenters. The van der Waals surface area contributed by atoms with Crippen LogP contribution in [0.5, 0.6) is 0 Å². The first kappa shape index (κ1) is 12.0. The summed E-state index contributed by atoms with van der Waals surface area (Å²) in [4.78, 5) is 15.2. The molecule has 4 nitrogen and oxygen atoms in total. The summed E-state index contributed by atoms with van der Waals surface area (Å²) in [7, 11) is 0. The summed E-state index contributed by atoms with van der Waals surface area (Å²) in [5.41, 5.74) is 1.56. The van der Waals surface area contributed by atoms with Gasteiger partial charge in [-0.2, -0.15) is 0 Å². The van der Waals surface area contributed by atoms with Crippen LogP contribution in [-0.2, 0) is 6.54 Å². The van der Waals surface area contributed by atoms with Crippen molar-refractivity contribution in [3.05, 3.63) is 58.6 Å². The summed E-state index contributed by atoms with van der Waals surface area (Å²) >= 11 is 3.41. The van der Waals surface area contributed by atoms with Crippen molar-refractivity contribution in [3.63, 3.8) is 0 Å². The van der Waals surface area contributed by atoms with E-state index in [2.05, 4.69) is 26.2 Å². The number of hydrogen-bond acceptors (Lipinski definition) is 2. The molecule has 2 N–H and O–H groups in total. The fourth-order valence-corrected chi connectivity index (χ4v) is 2.32. The Morgan fingerprint density at radius 3 is 3.05 bits per heavy atom. The van der Waals surface area contributed by atoms with Crippen molar-refractivity contribution in [1.82, 2.24) is 10.3 Å². The zero-order valence-electron chi connectivity index (χ0n) is 9.94. The van der Waals surface area contributed by atoms with Crippen LogP contribution in [0.1, 0.15) is 16.1 Å². The molecular weight excluding hydrogens is 308 g/mol. The number of H-pyrrole nitrogens is 1. The minimum absolute atomic E-state index is 0.124. The quantitative estimate of drug-likeness (QED) is 0.777. The Balaban J connectivity index is 1.83. The van der Waals surface area contributed by atoms with Gasteiger partial charge in [-0.1, -0.05) is 15.9 Å². The van der Waals surface area contributed by atoms with Gasteiger partial charge in [0, 0.05) is 21.6 Å². The molecule has 1 aromatic carbocycles. The SMILES string of the molecule is O=C(NCc1ccco1)c1c[nH]c2ccc(Br)cc12. The lowest BCUT2D eigenvalue weighted by Crippen LogP contribution is -2.22. The fourth-order valence-electron chi connectivity index (χ4n) is 1.96. The lowest BCUT2D eigenvalue weighted by molar-refractivity contribution is 0.0949. The highest BCUT2D eigenvalue weighted by Crippen LogP contribution is 2.22. The lowest BCUT2D eigenvalue weighted by Gasteiger charge is -2.02. The number of furan rings is 1. The number of amides is 1. The maximum atomic E-state index is 12.1. The topological polar surface area (TPSA) is 58.0 Å². The Morgan fingerprint density at radius 2 is 2.26 bits per heavy atom. The van der Waals surface area contributed by atoms with Crippen molar-refractivity contribution in [3.8, 4) is 0 Å². The predicted octanol–water partition coefficient (Wildman–Crippen LogP) is 3.45. The molecule has 96 valence electrons. The zero-order valence-corrected chi connectivity index (χ0v) is 11.5. The molecule has 2 heterocycles. The van der Waals surface area contributed by atoms with Crippen LogP contribution in [0.2, 0.25) is 0 Å². The third kappa shape index (κ3) is 2.42. The average molecular weight is 319 g/mol. The number of benzene rings is 1. The van der Waals surface area contributed by atoms with E-state index < -0.39 is 0 Å². The van der Waals surface area contributed by atoms with Crippen LogP contribution >= 0.6 is 15.9 Å². The maximum Gasteiger partial charge on any atom is 0.253 e. The molecular formula is C14H11BrN2O2. The summed E-state index contributed by atoms with van der Waals surface area (Å²) in [6.45, 7) is 0.381. The second-order valence-electron chi connectivity index (χ2n) is 4.15. The second-order valence-corrected chi connectivity index (χ2v) is 5.07. The minimum Gasteiger partial charge on any atom is -0.467 e. The van der Waals surface area contributed by atoms with E-state index in [1.807, 2.05) is 24.3 Å². The summed E-state index contributed by atoms with van der Waals surface area (Å²) in [6.07, 6.45) is 3.30. The molecule has 0 unspecified atom stereocenters. The normalized spacial score (nSPS) is 10.8. The molecule has 2 aromatic heterocycles. The molecule has 0 spiro atoms. The molecule has 0 saturated heterocycles. The number of fused-ring (bicyclic) bond motifs is 1. The van der Waals surface area contributed by atoms with Gasteiger partial charge in [-0.25, -0.2) is 0 Å². The largest absolute Gasteiger partial charge is 0.467 e. The molecule has 0 bridgehead atoms. The summed E-state index contributed by atoms with van der Waals surface area (Å²) in [6, 6.07) is 9.41. The summed E-state index contributed by atoms with van der Waals surface area (Å²) < 4.78 is 6.12. The lowest BCUT2D eigenvalue weighted by atomic mass is 10.1. The van der Waals surface area contributed by atoms with Crippen molar-refractivity contribution in [2.75, 3.05) is 0 Å². The van der Waals surface area contributed by atoms with Crippen LogP contribution in [0, 0.1) is 0 Å². The van der Waals surface area contributed by atoms with E-state index in [0.29, 0.717) is 12.1 Å². The molecule has 3 aromatic rings. The molecule has 0 aliphatic rings. The highest BCUT2D eigenvalue weighted by Gasteiger charge is 2.12. The van der Waals surface area contributed by atoms with Gasteiger partial charge in [0.05, 0.1) is 18.4 Å². The van der Waals surface area contributed by atoms with Crippen LogP contribution in [-0.4, -0.2) is 10.9 Å². The number of halogens is 1. The Morgan fingerprint density at radius 1 is 1.37 bits per heavy atom. The van der Waals surface area contributed by atoms with Gasteiger partial charge in [0.15, 0.2) is 0 Å². The van der Waals surface area contributed by atoms with E-state index in [-0.39, 0.29) is 5.91 Å². The van der Waals surface area contributed by atoms with E-state index in [0.717, 1.165) is 21.1 Å². The Kier molecular flexibility index (Phi) is 3.13. The van der Waals surface area contributed by atoms with E-state index >= 15 is 0 Å². The van der Waals surface area contributed by atoms with Gasteiger partial charge in [0.25, 0.3) is 5.91 Å². The first-order chi connectivity index (χ1) is 9.24. The van der Waals surface area contributed by atoms with E-state index in [9.17, 15) is 4.79 Å². The molecule has 0 fully saturated rings. The van der Waals surface area contributed by atoms with Gasteiger partial charge in [-0.05, 0) is 30.3 Å². The number of carbonyl (C=O) groups is 1. The summed E-state index contributed by atoms with van der Waals surface area (Å²) in [5, 5.41) is 3.73. The predicted molar refractivity (Wildman–Crippen MR) is 75.9 cm³/mol. The third-order valence-electron chi connectivity index (χ3n) is 2.89. The Labute approximate surface area is 117 Å². The smallest absolute Gasteiger partial charge is 0.253 e. The van der Waals surface area contributed by atoms with E-state index in [1.54, 1.807) is 18.5 Å². The first-order valence-corrected chi connectivity index (χ1v) is 6.60. The molecule has 0 radical (unpaired) electrons. The first-order valence-electron chi connectivity index (χ1n) is 5.81. The molecule has 3 rings (SSSR count). The van der Waals surface area contributed by atoms with Gasteiger partial charge in [-0.15, -0.1) is 0 Å². The maximum absolute atomic E-state index is 12.1. The van der Waals surface area contributed by atoms with Crippen molar-refractivity contribution in [2.24, 2.45) is 0 Å². The van der Waals surface area contributed by atoms with Gasteiger partial charge in [0.1, 0.15) is 5.76 Å². The Hall–Kier alpha value is -2.01. The number of aromatic amines is 1. The molecule has 1 amide bonds. The third-order valence-corrected chi connectivity index (χ3v) is 3.38. The highest BCUT2D eigenvalue weighted by molar-refractivity contribution is 9.10. The van der Waals surface area contributed by atoms with Crippen LogP contribution in [0.3, 0.4) is 0 Å². The number of hydrogen-bond donors (Lipinski definition) is 2. The zero-order chi connectivity index (χ0) is 13.2. The fraction of sp³-hybridized carbons (Fsp3) is 0.0714. The van der Waals surface area contributed by atoms with Gasteiger partial charge >= 0.3 is 0 Å². The number of rotatable bonds is 3. The van der Waals surface area contributed by atoms with Gasteiger partial charge in [0.2, 0.25) is 0 Å². The standard InChI is InChI=1S/C14H11BrN2O2/c15-9-3-4-13-11(6-9)12(8-16-13)14(18)17-7-10-2-1-5-19-10/h1-6,8,16H,7H2,(H,17,18). The molecule has 0 saturated carbocycles. The number of nitrogens with one attached hydrogen (secondary N) is 2. The van der Waals surface area contributed by atoms with E-state index in [4.69, 9.17) is 4.42 Å². The van der Waals surface area contributed by atoms with Crippen molar-refractivity contribution in [1.29, 1.82) is 0 Å². The number of aromatic nitrogens is 1. The van der Waals surface area contributed by atoms with Crippen molar-refractivity contribution < 1.29 is 9.21 Å². The molecule has 0 aliphatic heterocycles. The summed E-state index contributed by atoms with van der Waals surface area (Å²) in [5.74, 6) is 0.607. The van der Waals surface area contributed by atoms with Crippen LogP contribution < -0.4 is 5.32 Å². The van der Waals surface area contributed by atoms with Gasteiger partial charge in [-0.3, -0.25) is 4.79 Å². The van der Waals surface area contributed by atoms with Crippen LogP contribution in [0.4, 0.5) is 0 Å². The van der Waals surface area contributed by atoms with E-state index in [1.165, 1.54) is 0 Å². The number of carbonyl (C=O) groups excluding carboxylic acids is 1. The van der Waals surface area contributed by atoms with Crippen LogP contribution in [0.25, 0.3) is 10.9 Å². The highest BCUT2D eigenvalue weighted by atomic mass is 79.9. The van der Waals surface area contributed by atoms with Crippen molar-refractivity contribution >= 4 is 32.7 Å². The van der Waals surface area contributed by atoms with Crippen molar-refractivity contribution in [2.45, 2.75) is 6.54 Å². The van der Waals surface area contributed by atoms with Crippen LogP contribution in [0.15, 0.2) is 51.7 Å². The molecule has 19 heavy (non-hydrogen) atoms. The monoisotopic (exact) mass is 318 g/mol. The second kappa shape index (κ2) is 4.93. The Bertz CT molecular complexity index is 716. The molecule has 0 aliphatic carbocycles. The van der Waals surface area contributed by atoms with Gasteiger partial charge < -0.3 is 14.7 Å². The average Bonchev–Trinajstić information content (AvgIpc) is 3.04.